The fourth-order valence-corrected chi connectivity index (χ4v) is 1.92. The molecule has 2 atom stereocenters. The number of benzene rings is 1. The fraction of sp³-hybridized carbons (Fsp3) is 0.600. The first kappa shape index (κ1) is 13.4. The number of hydrogen-bond donors (Lipinski definition) is 0. The van der Waals surface area contributed by atoms with Crippen molar-refractivity contribution in [1.82, 2.24) is 0 Å². The molecule has 0 spiro atoms. The van der Waals surface area contributed by atoms with Crippen molar-refractivity contribution < 1.29 is 14.2 Å². The van der Waals surface area contributed by atoms with Gasteiger partial charge in [-0.3, -0.25) is 0 Å². The van der Waals surface area contributed by atoms with Crippen LogP contribution in [0, 0.1) is 5.92 Å². The van der Waals surface area contributed by atoms with E-state index in [2.05, 4.69) is 13.8 Å². The van der Waals surface area contributed by atoms with E-state index in [0.717, 1.165) is 31.6 Å². The number of ether oxygens (including phenoxy) is 3. The highest BCUT2D eigenvalue weighted by Gasteiger charge is 2.24. The molecule has 2 rings (SSSR count). The number of para-hydroxylation sites is 1. The summed E-state index contributed by atoms with van der Waals surface area (Å²) >= 11 is 0. The van der Waals surface area contributed by atoms with Crippen LogP contribution in [0.1, 0.15) is 33.1 Å². The monoisotopic (exact) mass is 250 g/mol. The Morgan fingerprint density at radius 3 is 2.61 bits per heavy atom. The van der Waals surface area contributed by atoms with Gasteiger partial charge in [-0.15, -0.1) is 0 Å². The summed E-state index contributed by atoms with van der Waals surface area (Å²) in [5.41, 5.74) is 0. The second-order valence-corrected chi connectivity index (χ2v) is 5.08. The van der Waals surface area contributed by atoms with Gasteiger partial charge in [0.2, 0.25) is 6.29 Å². The Hall–Kier alpha value is -1.06. The average Bonchev–Trinajstić information content (AvgIpc) is 2.38. The van der Waals surface area contributed by atoms with Gasteiger partial charge in [-0.25, -0.2) is 0 Å². The van der Waals surface area contributed by atoms with Crippen molar-refractivity contribution in [3.05, 3.63) is 30.3 Å². The molecule has 1 fully saturated rings. The van der Waals surface area contributed by atoms with E-state index in [1.807, 2.05) is 30.3 Å². The van der Waals surface area contributed by atoms with Crippen LogP contribution in [0.15, 0.2) is 30.3 Å². The SMILES string of the molecule is CC(C)CO[C@@H]1CCC[C@@H](Oc2ccccc2)O1. The minimum absolute atomic E-state index is 0.116. The lowest BCUT2D eigenvalue weighted by atomic mass is 10.2. The van der Waals surface area contributed by atoms with E-state index in [1.165, 1.54) is 0 Å². The third kappa shape index (κ3) is 4.31. The van der Waals surface area contributed by atoms with Crippen molar-refractivity contribution in [3.8, 4) is 5.75 Å². The minimum Gasteiger partial charge on any atom is -0.465 e. The molecule has 0 N–H and O–H groups in total. The van der Waals surface area contributed by atoms with Gasteiger partial charge in [-0.2, -0.15) is 0 Å². The first-order valence-electron chi connectivity index (χ1n) is 6.73. The molecule has 1 aromatic rings. The van der Waals surface area contributed by atoms with Gasteiger partial charge < -0.3 is 14.2 Å². The van der Waals surface area contributed by atoms with E-state index in [1.54, 1.807) is 0 Å². The van der Waals surface area contributed by atoms with E-state index < -0.39 is 0 Å². The average molecular weight is 250 g/mol. The summed E-state index contributed by atoms with van der Waals surface area (Å²) in [5.74, 6) is 1.39. The molecule has 0 amide bonds. The quantitative estimate of drug-likeness (QED) is 0.799. The first-order chi connectivity index (χ1) is 8.74. The van der Waals surface area contributed by atoms with Gasteiger partial charge in [0.1, 0.15) is 5.75 Å². The Kier molecular flexibility index (Phi) is 5.02. The molecule has 3 heteroatoms. The van der Waals surface area contributed by atoms with E-state index in [0.29, 0.717) is 5.92 Å². The van der Waals surface area contributed by atoms with Crippen LogP contribution in [0.25, 0.3) is 0 Å². The highest BCUT2D eigenvalue weighted by Crippen LogP contribution is 2.23. The smallest absolute Gasteiger partial charge is 0.202 e. The molecule has 0 unspecified atom stereocenters. The van der Waals surface area contributed by atoms with Crippen molar-refractivity contribution in [2.45, 2.75) is 45.7 Å². The summed E-state index contributed by atoms with van der Waals surface area (Å²) < 4.78 is 17.3. The van der Waals surface area contributed by atoms with Crippen LogP contribution >= 0.6 is 0 Å². The van der Waals surface area contributed by atoms with Crippen LogP contribution in [-0.2, 0) is 9.47 Å². The Balaban J connectivity index is 1.79. The lowest BCUT2D eigenvalue weighted by Crippen LogP contribution is -2.34. The molecule has 0 radical (unpaired) electrons. The highest BCUT2D eigenvalue weighted by atomic mass is 16.8. The maximum atomic E-state index is 5.80. The zero-order chi connectivity index (χ0) is 12.8. The molecular weight excluding hydrogens is 228 g/mol. The highest BCUT2D eigenvalue weighted by molar-refractivity contribution is 5.21. The van der Waals surface area contributed by atoms with Crippen molar-refractivity contribution in [1.29, 1.82) is 0 Å². The van der Waals surface area contributed by atoms with Crippen molar-refractivity contribution in [2.75, 3.05) is 6.61 Å². The molecule has 0 aromatic heterocycles. The predicted octanol–water partition coefficient (Wildman–Crippen LogP) is 3.59. The van der Waals surface area contributed by atoms with Gasteiger partial charge in [0.25, 0.3) is 0 Å². The molecule has 1 heterocycles. The molecule has 1 aliphatic heterocycles. The van der Waals surface area contributed by atoms with E-state index in [-0.39, 0.29) is 12.6 Å². The predicted molar refractivity (Wildman–Crippen MR) is 70.4 cm³/mol. The summed E-state index contributed by atoms with van der Waals surface area (Å²) in [4.78, 5) is 0. The summed E-state index contributed by atoms with van der Waals surface area (Å²) in [5, 5.41) is 0. The lowest BCUT2D eigenvalue weighted by molar-refractivity contribution is -0.244. The molecule has 0 aliphatic carbocycles. The molecule has 18 heavy (non-hydrogen) atoms. The van der Waals surface area contributed by atoms with Gasteiger partial charge in [0.05, 0.1) is 6.61 Å². The number of hydrogen-bond acceptors (Lipinski definition) is 3. The molecule has 100 valence electrons. The number of rotatable bonds is 5. The van der Waals surface area contributed by atoms with E-state index >= 15 is 0 Å². The summed E-state index contributed by atoms with van der Waals surface area (Å²) in [6, 6.07) is 9.79. The molecule has 3 nitrogen and oxygen atoms in total. The van der Waals surface area contributed by atoms with Gasteiger partial charge in [-0.1, -0.05) is 32.0 Å². The molecule has 0 bridgehead atoms. The molecule has 0 saturated carbocycles. The topological polar surface area (TPSA) is 27.7 Å². The third-order valence-corrected chi connectivity index (χ3v) is 2.81. The summed E-state index contributed by atoms with van der Waals surface area (Å²) in [6.07, 6.45) is 2.67. The van der Waals surface area contributed by atoms with Crippen LogP contribution in [-0.4, -0.2) is 19.2 Å². The van der Waals surface area contributed by atoms with Crippen molar-refractivity contribution in [3.63, 3.8) is 0 Å². The molecule has 1 aliphatic rings. The molecular formula is C15H22O3. The van der Waals surface area contributed by atoms with Gasteiger partial charge in [0.15, 0.2) is 6.29 Å². The van der Waals surface area contributed by atoms with Crippen molar-refractivity contribution in [2.24, 2.45) is 5.92 Å². The van der Waals surface area contributed by atoms with Gasteiger partial charge >= 0.3 is 0 Å². The summed E-state index contributed by atoms with van der Waals surface area (Å²) in [6.45, 7) is 5.02. The summed E-state index contributed by atoms with van der Waals surface area (Å²) in [7, 11) is 0. The second-order valence-electron chi connectivity index (χ2n) is 5.08. The van der Waals surface area contributed by atoms with Crippen LogP contribution in [0.5, 0.6) is 5.75 Å². The minimum atomic E-state index is -0.182. The molecule has 1 saturated heterocycles. The molecule has 1 aromatic carbocycles. The standard InChI is InChI=1S/C15H22O3/c1-12(2)11-16-14-9-6-10-15(18-14)17-13-7-4-3-5-8-13/h3-5,7-8,12,14-15H,6,9-11H2,1-2H3/t14-,15-/m0/s1. The Bertz CT molecular complexity index is 337. The van der Waals surface area contributed by atoms with Crippen LogP contribution in [0.3, 0.4) is 0 Å². The van der Waals surface area contributed by atoms with E-state index in [9.17, 15) is 0 Å². The van der Waals surface area contributed by atoms with Crippen LogP contribution < -0.4 is 4.74 Å². The fourth-order valence-electron chi connectivity index (χ4n) is 1.92. The Labute approximate surface area is 109 Å². The zero-order valence-corrected chi connectivity index (χ0v) is 11.2. The third-order valence-electron chi connectivity index (χ3n) is 2.81. The Morgan fingerprint density at radius 2 is 1.89 bits per heavy atom. The van der Waals surface area contributed by atoms with Gasteiger partial charge in [-0.05, 0) is 30.9 Å². The zero-order valence-electron chi connectivity index (χ0n) is 11.2. The maximum absolute atomic E-state index is 5.80. The Morgan fingerprint density at radius 1 is 1.17 bits per heavy atom. The largest absolute Gasteiger partial charge is 0.465 e. The normalized spacial score (nSPS) is 24.2. The van der Waals surface area contributed by atoms with Crippen LogP contribution in [0.4, 0.5) is 0 Å². The lowest BCUT2D eigenvalue weighted by Gasteiger charge is -2.30. The maximum Gasteiger partial charge on any atom is 0.202 e. The van der Waals surface area contributed by atoms with Crippen LogP contribution in [0.2, 0.25) is 0 Å². The second kappa shape index (κ2) is 6.76. The van der Waals surface area contributed by atoms with E-state index in [4.69, 9.17) is 14.2 Å². The van der Waals surface area contributed by atoms with Gasteiger partial charge in [0, 0.05) is 6.42 Å². The van der Waals surface area contributed by atoms with Crippen molar-refractivity contribution >= 4 is 0 Å². The first-order valence-corrected chi connectivity index (χ1v) is 6.73.